The van der Waals surface area contributed by atoms with Crippen molar-refractivity contribution < 1.29 is 0 Å². The van der Waals surface area contributed by atoms with Crippen LogP contribution in [0.5, 0.6) is 0 Å². The Hall–Kier alpha value is -0.410. The van der Waals surface area contributed by atoms with Crippen molar-refractivity contribution in [3.05, 3.63) is 15.6 Å². The van der Waals surface area contributed by atoms with Crippen LogP contribution in [0.3, 0.4) is 0 Å². The smallest absolute Gasteiger partial charge is 0.110 e. The maximum absolute atomic E-state index is 4.82. The van der Waals surface area contributed by atoms with E-state index in [9.17, 15) is 0 Å². The fourth-order valence-corrected chi connectivity index (χ4v) is 3.54. The number of hydrogen-bond donors (Lipinski definition) is 1. The van der Waals surface area contributed by atoms with Gasteiger partial charge in [0.15, 0.2) is 0 Å². The maximum Gasteiger partial charge on any atom is 0.110 e. The molecule has 0 saturated carbocycles. The number of hydrogen-bond acceptors (Lipinski definition) is 3. The average Bonchev–Trinajstić information content (AvgIpc) is 2.84. The van der Waals surface area contributed by atoms with Crippen LogP contribution in [0, 0.1) is 0 Å². The maximum atomic E-state index is 4.82. The van der Waals surface area contributed by atoms with Gasteiger partial charge in [-0.1, -0.05) is 20.3 Å². The van der Waals surface area contributed by atoms with Crippen LogP contribution in [0.15, 0.2) is 0 Å². The number of rotatable bonds is 6. The largest absolute Gasteiger partial charge is 0.308 e. The van der Waals surface area contributed by atoms with Crippen molar-refractivity contribution in [2.24, 2.45) is 0 Å². The highest BCUT2D eigenvalue weighted by atomic mass is 32.1. The first-order valence-electron chi connectivity index (χ1n) is 6.57. The van der Waals surface area contributed by atoms with Crippen LogP contribution < -0.4 is 5.32 Å². The number of nitrogens with zero attached hydrogens (tertiary/aromatic N) is 1. The first-order valence-corrected chi connectivity index (χ1v) is 7.38. The minimum Gasteiger partial charge on any atom is -0.308 e. The van der Waals surface area contributed by atoms with E-state index in [0.29, 0.717) is 6.04 Å². The average molecular weight is 238 g/mol. The minimum atomic E-state index is 0.501. The van der Waals surface area contributed by atoms with Crippen molar-refractivity contribution in [2.45, 2.75) is 58.4 Å². The lowest BCUT2D eigenvalue weighted by Gasteiger charge is -2.14. The molecular formula is C13H22N2S. The van der Waals surface area contributed by atoms with E-state index in [4.69, 9.17) is 4.98 Å². The molecule has 0 spiro atoms. The molecule has 1 aliphatic rings. The van der Waals surface area contributed by atoms with E-state index < -0.39 is 0 Å². The predicted octanol–water partition coefficient (Wildman–Crippen LogP) is 3.47. The molecule has 1 N–H and O–H groups in total. The molecule has 0 aromatic carbocycles. The Morgan fingerprint density at radius 3 is 2.88 bits per heavy atom. The lowest BCUT2D eigenvalue weighted by Crippen LogP contribution is -2.21. The van der Waals surface area contributed by atoms with Crippen molar-refractivity contribution in [1.29, 1.82) is 0 Å². The van der Waals surface area contributed by atoms with Crippen LogP contribution in [0.25, 0.3) is 0 Å². The third-order valence-electron chi connectivity index (χ3n) is 3.13. The third-order valence-corrected chi connectivity index (χ3v) is 4.40. The van der Waals surface area contributed by atoms with Gasteiger partial charge in [0.1, 0.15) is 5.01 Å². The van der Waals surface area contributed by atoms with Crippen LogP contribution in [0.4, 0.5) is 0 Å². The molecule has 1 atom stereocenters. The molecule has 3 heteroatoms. The Bertz CT molecular complexity index is 311. The second kappa shape index (κ2) is 5.78. The highest BCUT2D eigenvalue weighted by Crippen LogP contribution is 2.32. The summed E-state index contributed by atoms with van der Waals surface area (Å²) in [5, 5.41) is 4.96. The highest BCUT2D eigenvalue weighted by molar-refractivity contribution is 7.11. The van der Waals surface area contributed by atoms with Gasteiger partial charge < -0.3 is 5.32 Å². The van der Waals surface area contributed by atoms with E-state index in [0.717, 1.165) is 6.54 Å². The lowest BCUT2D eigenvalue weighted by molar-refractivity contribution is 0.491. The van der Waals surface area contributed by atoms with Gasteiger partial charge in [0, 0.05) is 4.88 Å². The van der Waals surface area contributed by atoms with Crippen molar-refractivity contribution in [3.8, 4) is 0 Å². The lowest BCUT2D eigenvalue weighted by atomic mass is 10.2. The number of thiazole rings is 1. The second-order valence-corrected chi connectivity index (χ2v) is 5.69. The molecule has 0 fully saturated rings. The summed E-state index contributed by atoms with van der Waals surface area (Å²) in [6, 6.07) is 0.501. The SMILES string of the molecule is CCCNC(CCC)c1nc2c(s1)CCC2. The standard InChI is InChI=1S/C13H22N2S/c1-3-6-11(14-9-4-2)13-15-10-7-5-8-12(10)16-13/h11,14H,3-9H2,1-2H3. The highest BCUT2D eigenvalue weighted by Gasteiger charge is 2.20. The van der Waals surface area contributed by atoms with Gasteiger partial charge in [-0.15, -0.1) is 11.3 Å². The summed E-state index contributed by atoms with van der Waals surface area (Å²) in [6.45, 7) is 5.58. The zero-order chi connectivity index (χ0) is 11.4. The molecule has 1 aromatic heterocycles. The molecule has 2 rings (SSSR count). The van der Waals surface area contributed by atoms with E-state index in [-0.39, 0.29) is 0 Å². The molecule has 0 radical (unpaired) electrons. The van der Waals surface area contributed by atoms with Crippen molar-refractivity contribution in [3.63, 3.8) is 0 Å². The summed E-state index contributed by atoms with van der Waals surface area (Å²) >= 11 is 1.95. The number of aromatic nitrogens is 1. The zero-order valence-electron chi connectivity index (χ0n) is 10.4. The number of fused-ring (bicyclic) bond motifs is 1. The normalized spacial score (nSPS) is 16.4. The van der Waals surface area contributed by atoms with E-state index in [2.05, 4.69) is 19.2 Å². The molecule has 16 heavy (non-hydrogen) atoms. The Morgan fingerprint density at radius 2 is 2.19 bits per heavy atom. The Labute approximate surface area is 102 Å². The summed E-state index contributed by atoms with van der Waals surface area (Å²) < 4.78 is 0. The minimum absolute atomic E-state index is 0.501. The number of aryl methyl sites for hydroxylation is 2. The molecule has 90 valence electrons. The van der Waals surface area contributed by atoms with Gasteiger partial charge in [0.2, 0.25) is 0 Å². The molecule has 1 aliphatic carbocycles. The molecule has 1 heterocycles. The van der Waals surface area contributed by atoms with Crippen molar-refractivity contribution in [2.75, 3.05) is 6.54 Å². The quantitative estimate of drug-likeness (QED) is 0.821. The monoisotopic (exact) mass is 238 g/mol. The topological polar surface area (TPSA) is 24.9 Å². The predicted molar refractivity (Wildman–Crippen MR) is 70.1 cm³/mol. The molecule has 1 aromatic rings. The van der Waals surface area contributed by atoms with Gasteiger partial charge in [0.25, 0.3) is 0 Å². The Balaban J connectivity index is 2.05. The molecule has 0 amide bonds. The van der Waals surface area contributed by atoms with E-state index in [1.54, 1.807) is 4.88 Å². The van der Waals surface area contributed by atoms with Crippen LogP contribution in [-0.4, -0.2) is 11.5 Å². The summed E-state index contributed by atoms with van der Waals surface area (Å²) in [7, 11) is 0. The van der Waals surface area contributed by atoms with Gasteiger partial charge in [-0.05, 0) is 38.6 Å². The Kier molecular flexibility index (Phi) is 4.36. The molecule has 0 bridgehead atoms. The number of nitrogens with one attached hydrogen (secondary N) is 1. The van der Waals surface area contributed by atoms with E-state index in [1.807, 2.05) is 11.3 Å². The first-order chi connectivity index (χ1) is 7.85. The Morgan fingerprint density at radius 1 is 1.31 bits per heavy atom. The van der Waals surface area contributed by atoms with E-state index >= 15 is 0 Å². The summed E-state index contributed by atoms with van der Waals surface area (Å²) in [6.07, 6.45) is 7.43. The molecule has 0 aliphatic heterocycles. The van der Waals surface area contributed by atoms with Gasteiger partial charge >= 0.3 is 0 Å². The van der Waals surface area contributed by atoms with E-state index in [1.165, 1.54) is 49.2 Å². The van der Waals surface area contributed by atoms with Gasteiger partial charge in [-0.25, -0.2) is 4.98 Å². The van der Waals surface area contributed by atoms with Crippen molar-refractivity contribution in [1.82, 2.24) is 10.3 Å². The molecule has 0 saturated heterocycles. The van der Waals surface area contributed by atoms with Gasteiger partial charge in [-0.2, -0.15) is 0 Å². The first kappa shape index (κ1) is 12.1. The summed E-state index contributed by atoms with van der Waals surface area (Å²) in [4.78, 5) is 6.37. The summed E-state index contributed by atoms with van der Waals surface area (Å²) in [5.74, 6) is 0. The van der Waals surface area contributed by atoms with Crippen LogP contribution in [0.2, 0.25) is 0 Å². The van der Waals surface area contributed by atoms with Crippen LogP contribution in [-0.2, 0) is 12.8 Å². The second-order valence-electron chi connectivity index (χ2n) is 4.57. The third kappa shape index (κ3) is 2.64. The molecule has 1 unspecified atom stereocenters. The van der Waals surface area contributed by atoms with Gasteiger partial charge in [-0.3, -0.25) is 0 Å². The summed E-state index contributed by atoms with van der Waals surface area (Å²) in [5.41, 5.74) is 1.39. The zero-order valence-corrected chi connectivity index (χ0v) is 11.2. The van der Waals surface area contributed by atoms with Crippen LogP contribution in [0.1, 0.15) is 61.2 Å². The molecule has 2 nitrogen and oxygen atoms in total. The fourth-order valence-electron chi connectivity index (χ4n) is 2.28. The fraction of sp³-hybridized carbons (Fsp3) is 0.769. The van der Waals surface area contributed by atoms with Crippen molar-refractivity contribution >= 4 is 11.3 Å². The molecular weight excluding hydrogens is 216 g/mol. The van der Waals surface area contributed by atoms with Gasteiger partial charge in [0.05, 0.1) is 11.7 Å². The van der Waals surface area contributed by atoms with Crippen LogP contribution >= 0.6 is 11.3 Å².